The summed E-state index contributed by atoms with van der Waals surface area (Å²) in [6.45, 7) is 0. The number of ether oxygens (including phenoxy) is 1. The zero-order valence-corrected chi connectivity index (χ0v) is 14.0. The SMILES string of the molecule is COc1cc(Br)cc(C=N[C@H](Cc2ccccc2)C(=O)O)c1O. The van der Waals surface area contributed by atoms with Crippen molar-refractivity contribution in [3.05, 3.63) is 58.1 Å². The first-order valence-corrected chi connectivity index (χ1v) is 7.67. The first-order chi connectivity index (χ1) is 11.0. The van der Waals surface area contributed by atoms with Gasteiger partial charge in [-0.05, 0) is 17.7 Å². The molecule has 2 aromatic rings. The third-order valence-corrected chi connectivity index (χ3v) is 3.70. The van der Waals surface area contributed by atoms with Crippen LogP contribution < -0.4 is 4.74 Å². The van der Waals surface area contributed by atoms with Gasteiger partial charge in [-0.2, -0.15) is 0 Å². The summed E-state index contributed by atoms with van der Waals surface area (Å²) in [5, 5.41) is 19.4. The Labute approximate surface area is 142 Å². The Morgan fingerprint density at radius 3 is 2.65 bits per heavy atom. The van der Waals surface area contributed by atoms with Crippen LogP contribution in [0.25, 0.3) is 0 Å². The first kappa shape index (κ1) is 17.0. The van der Waals surface area contributed by atoms with Crippen molar-refractivity contribution in [2.45, 2.75) is 12.5 Å². The van der Waals surface area contributed by atoms with Crippen LogP contribution in [0.3, 0.4) is 0 Å². The maximum atomic E-state index is 11.4. The third-order valence-electron chi connectivity index (χ3n) is 3.24. The number of halogens is 1. The molecule has 0 spiro atoms. The summed E-state index contributed by atoms with van der Waals surface area (Å²) in [7, 11) is 1.44. The Hall–Kier alpha value is -2.34. The predicted octanol–water partition coefficient (Wildman–Crippen LogP) is 3.28. The van der Waals surface area contributed by atoms with Gasteiger partial charge in [0.05, 0.1) is 7.11 Å². The number of phenolic OH excluding ortho intramolecular Hbond substituents is 1. The second-order valence-electron chi connectivity index (χ2n) is 4.87. The van der Waals surface area contributed by atoms with E-state index in [1.165, 1.54) is 13.3 Å². The van der Waals surface area contributed by atoms with Crippen molar-refractivity contribution < 1.29 is 19.7 Å². The number of carboxylic acid groups (broad SMARTS) is 1. The molecule has 0 aromatic heterocycles. The lowest BCUT2D eigenvalue weighted by Crippen LogP contribution is -2.20. The topological polar surface area (TPSA) is 79.1 Å². The van der Waals surface area contributed by atoms with Crippen molar-refractivity contribution in [1.82, 2.24) is 0 Å². The molecule has 2 aromatic carbocycles. The monoisotopic (exact) mass is 377 g/mol. The fraction of sp³-hybridized carbons (Fsp3) is 0.176. The molecule has 0 aliphatic carbocycles. The molecule has 0 aliphatic heterocycles. The van der Waals surface area contributed by atoms with Gasteiger partial charge < -0.3 is 14.9 Å². The van der Waals surface area contributed by atoms with Gasteiger partial charge in [0.15, 0.2) is 17.5 Å². The van der Waals surface area contributed by atoms with Gasteiger partial charge in [-0.3, -0.25) is 4.99 Å². The normalized spacial score (nSPS) is 12.3. The highest BCUT2D eigenvalue weighted by molar-refractivity contribution is 9.10. The molecule has 5 nitrogen and oxygen atoms in total. The number of rotatable bonds is 6. The smallest absolute Gasteiger partial charge is 0.328 e. The van der Waals surface area contributed by atoms with Crippen molar-refractivity contribution in [3.8, 4) is 11.5 Å². The van der Waals surface area contributed by atoms with Gasteiger partial charge in [0.25, 0.3) is 0 Å². The molecular formula is C17H16BrNO4. The molecule has 1 atom stereocenters. The highest BCUT2D eigenvalue weighted by Gasteiger charge is 2.16. The minimum absolute atomic E-state index is 0.0803. The second kappa shape index (κ2) is 7.78. The van der Waals surface area contributed by atoms with Crippen molar-refractivity contribution in [1.29, 1.82) is 0 Å². The average molecular weight is 378 g/mol. The highest BCUT2D eigenvalue weighted by atomic mass is 79.9. The van der Waals surface area contributed by atoms with E-state index < -0.39 is 12.0 Å². The fourth-order valence-electron chi connectivity index (χ4n) is 2.06. The number of aliphatic carboxylic acids is 1. The summed E-state index contributed by atoms with van der Waals surface area (Å²) in [6, 6.07) is 11.6. The number of carboxylic acids is 1. The number of hydrogen-bond donors (Lipinski definition) is 2. The van der Waals surface area contributed by atoms with Gasteiger partial charge in [-0.1, -0.05) is 46.3 Å². The minimum Gasteiger partial charge on any atom is -0.504 e. The molecule has 0 saturated heterocycles. The summed E-state index contributed by atoms with van der Waals surface area (Å²) in [5.41, 5.74) is 1.27. The number of aliphatic imine (C=N–C) groups is 1. The quantitative estimate of drug-likeness (QED) is 0.757. The summed E-state index contributed by atoms with van der Waals surface area (Å²) in [4.78, 5) is 15.5. The minimum atomic E-state index is -1.02. The van der Waals surface area contributed by atoms with E-state index in [1.54, 1.807) is 12.1 Å². The lowest BCUT2D eigenvalue weighted by Gasteiger charge is -2.09. The highest BCUT2D eigenvalue weighted by Crippen LogP contribution is 2.32. The van der Waals surface area contributed by atoms with Crippen LogP contribution in [0.4, 0.5) is 0 Å². The maximum Gasteiger partial charge on any atom is 0.328 e. The fourth-order valence-corrected chi connectivity index (χ4v) is 2.51. The molecule has 23 heavy (non-hydrogen) atoms. The van der Waals surface area contributed by atoms with Crippen molar-refractivity contribution >= 4 is 28.1 Å². The Kier molecular flexibility index (Phi) is 5.76. The molecule has 2 N–H and O–H groups in total. The van der Waals surface area contributed by atoms with Gasteiger partial charge in [0.1, 0.15) is 0 Å². The van der Waals surface area contributed by atoms with Crippen molar-refractivity contribution in [2.24, 2.45) is 4.99 Å². The van der Waals surface area contributed by atoms with Crippen LogP contribution in [-0.2, 0) is 11.2 Å². The maximum absolute atomic E-state index is 11.4. The molecule has 0 heterocycles. The van der Waals surface area contributed by atoms with Crippen molar-refractivity contribution in [3.63, 3.8) is 0 Å². The third kappa shape index (κ3) is 4.56. The van der Waals surface area contributed by atoms with Gasteiger partial charge in [-0.15, -0.1) is 0 Å². The number of methoxy groups -OCH3 is 1. The van der Waals surface area contributed by atoms with E-state index in [2.05, 4.69) is 20.9 Å². The lowest BCUT2D eigenvalue weighted by molar-refractivity contribution is -0.138. The second-order valence-corrected chi connectivity index (χ2v) is 5.78. The number of carbonyl (C=O) groups is 1. The van der Waals surface area contributed by atoms with Crippen molar-refractivity contribution in [2.75, 3.05) is 7.11 Å². The van der Waals surface area contributed by atoms with Crippen LogP contribution in [0, 0.1) is 0 Å². The van der Waals surface area contributed by atoms with E-state index in [1.807, 2.05) is 30.3 Å². The Morgan fingerprint density at radius 2 is 2.04 bits per heavy atom. The van der Waals surface area contributed by atoms with Crippen LogP contribution in [0.2, 0.25) is 0 Å². The van der Waals surface area contributed by atoms with E-state index in [-0.39, 0.29) is 17.9 Å². The van der Waals surface area contributed by atoms with E-state index in [0.717, 1.165) is 5.56 Å². The molecule has 0 saturated carbocycles. The molecule has 2 rings (SSSR count). The largest absolute Gasteiger partial charge is 0.504 e. The molecule has 6 heteroatoms. The molecule has 0 bridgehead atoms. The van der Waals surface area contributed by atoms with Crippen LogP contribution in [-0.4, -0.2) is 35.5 Å². The van der Waals surface area contributed by atoms with E-state index >= 15 is 0 Å². The first-order valence-electron chi connectivity index (χ1n) is 6.87. The number of phenols is 1. The van der Waals surface area contributed by atoms with Crippen LogP contribution >= 0.6 is 15.9 Å². The van der Waals surface area contributed by atoms with E-state index in [9.17, 15) is 15.0 Å². The molecular weight excluding hydrogens is 362 g/mol. The van der Waals surface area contributed by atoms with Gasteiger partial charge in [-0.25, -0.2) is 4.79 Å². The van der Waals surface area contributed by atoms with Crippen LogP contribution in [0.5, 0.6) is 11.5 Å². The Bertz CT molecular complexity index is 716. The van der Waals surface area contributed by atoms with Crippen LogP contribution in [0.1, 0.15) is 11.1 Å². The molecule has 0 amide bonds. The summed E-state index contributed by atoms with van der Waals surface area (Å²) in [5.74, 6) is -0.814. The zero-order valence-electron chi connectivity index (χ0n) is 12.4. The number of nitrogens with zero attached hydrogens (tertiary/aromatic N) is 1. The molecule has 0 radical (unpaired) electrons. The molecule has 0 unspecified atom stereocenters. The Morgan fingerprint density at radius 1 is 1.35 bits per heavy atom. The summed E-state index contributed by atoms with van der Waals surface area (Å²) in [6.07, 6.45) is 1.63. The standard InChI is InChI=1S/C17H16BrNO4/c1-23-15-9-13(18)8-12(16(15)20)10-19-14(17(21)22)7-11-5-3-2-4-6-11/h2-6,8-10,14,20H,7H2,1H3,(H,21,22)/t14-/m1/s1. The van der Waals surface area contributed by atoms with E-state index in [4.69, 9.17) is 4.74 Å². The molecule has 120 valence electrons. The molecule has 0 aliphatic rings. The number of hydrogen-bond acceptors (Lipinski definition) is 4. The number of aromatic hydroxyl groups is 1. The van der Waals surface area contributed by atoms with E-state index in [0.29, 0.717) is 10.0 Å². The zero-order chi connectivity index (χ0) is 16.8. The average Bonchev–Trinajstić information content (AvgIpc) is 2.54. The van der Waals surface area contributed by atoms with Gasteiger partial charge in [0, 0.05) is 22.7 Å². The summed E-state index contributed by atoms with van der Waals surface area (Å²) >= 11 is 3.31. The molecule has 0 fully saturated rings. The lowest BCUT2D eigenvalue weighted by atomic mass is 10.1. The van der Waals surface area contributed by atoms with Gasteiger partial charge >= 0.3 is 5.97 Å². The van der Waals surface area contributed by atoms with Gasteiger partial charge in [0.2, 0.25) is 0 Å². The van der Waals surface area contributed by atoms with Crippen LogP contribution in [0.15, 0.2) is 51.9 Å². The number of benzene rings is 2. The summed E-state index contributed by atoms with van der Waals surface area (Å²) < 4.78 is 5.76. The predicted molar refractivity (Wildman–Crippen MR) is 91.5 cm³/mol. The Balaban J connectivity index is 2.25.